The largest absolute Gasteiger partial charge is 0.296 e. The van der Waals surface area contributed by atoms with Gasteiger partial charge in [0.2, 0.25) is 0 Å². The van der Waals surface area contributed by atoms with Crippen LogP contribution in [0.25, 0.3) is 16.9 Å². The highest BCUT2D eigenvalue weighted by Crippen LogP contribution is 2.34. The number of imidazole rings is 1. The van der Waals surface area contributed by atoms with Crippen LogP contribution >= 0.6 is 23.2 Å². The van der Waals surface area contributed by atoms with Gasteiger partial charge in [-0.05, 0) is 24.3 Å². The minimum atomic E-state index is -0.717. The normalized spacial score (nSPS) is 10.9. The van der Waals surface area contributed by atoms with E-state index in [4.69, 9.17) is 23.2 Å². The lowest BCUT2D eigenvalue weighted by molar-refractivity contribution is 0.588. The molecule has 0 fully saturated rings. The Hall–Kier alpha value is -1.91. The number of aromatic nitrogens is 2. The van der Waals surface area contributed by atoms with Crippen LogP contribution in [0.15, 0.2) is 48.8 Å². The van der Waals surface area contributed by atoms with Crippen molar-refractivity contribution in [3.8, 4) is 16.9 Å². The molecule has 0 atom stereocenters. The Labute approximate surface area is 129 Å². The molecule has 0 spiro atoms. The summed E-state index contributed by atoms with van der Waals surface area (Å²) < 4.78 is 29.5. The van der Waals surface area contributed by atoms with Crippen molar-refractivity contribution < 1.29 is 8.78 Å². The summed E-state index contributed by atoms with van der Waals surface area (Å²) in [5.41, 5.74) is 0.427. The summed E-state index contributed by atoms with van der Waals surface area (Å²) in [7, 11) is 0. The molecule has 0 saturated carbocycles. The zero-order chi connectivity index (χ0) is 15.0. The fourth-order valence-electron chi connectivity index (χ4n) is 2.10. The molecule has 0 unspecified atom stereocenters. The van der Waals surface area contributed by atoms with Gasteiger partial charge in [0.1, 0.15) is 18.0 Å². The molecule has 0 bridgehead atoms. The van der Waals surface area contributed by atoms with Gasteiger partial charge in [-0.15, -0.1) is 0 Å². The fourth-order valence-corrected chi connectivity index (χ4v) is 2.56. The molecule has 0 N–H and O–H groups in total. The van der Waals surface area contributed by atoms with E-state index in [1.54, 1.807) is 24.3 Å². The van der Waals surface area contributed by atoms with Crippen molar-refractivity contribution in [1.82, 2.24) is 9.55 Å². The summed E-state index contributed by atoms with van der Waals surface area (Å²) in [4.78, 5) is 3.93. The fraction of sp³-hybridized carbons (Fsp3) is 0. The van der Waals surface area contributed by atoms with Crippen molar-refractivity contribution in [3.05, 3.63) is 70.6 Å². The minimum absolute atomic E-state index is 0.00100. The first-order valence-corrected chi connectivity index (χ1v) is 6.77. The lowest BCUT2D eigenvalue weighted by Gasteiger charge is -2.11. The first kappa shape index (κ1) is 14.0. The van der Waals surface area contributed by atoms with E-state index in [1.165, 1.54) is 29.1 Å². The van der Waals surface area contributed by atoms with Crippen LogP contribution in [0.1, 0.15) is 0 Å². The molecule has 2 nitrogen and oxygen atoms in total. The van der Waals surface area contributed by atoms with Crippen LogP contribution in [-0.2, 0) is 0 Å². The summed E-state index contributed by atoms with van der Waals surface area (Å²) in [6, 6.07) is 10.5. The maximum atomic E-state index is 14.0. The second-order valence-corrected chi connectivity index (χ2v) is 5.07. The molecule has 3 rings (SSSR count). The molecular weight excluding hydrogens is 317 g/mol. The lowest BCUT2D eigenvalue weighted by Crippen LogP contribution is -2.00. The molecule has 106 valence electrons. The van der Waals surface area contributed by atoms with Gasteiger partial charge < -0.3 is 0 Å². The van der Waals surface area contributed by atoms with Gasteiger partial charge in [-0.25, -0.2) is 13.8 Å². The van der Waals surface area contributed by atoms with Crippen molar-refractivity contribution in [1.29, 1.82) is 0 Å². The van der Waals surface area contributed by atoms with Gasteiger partial charge in [0.25, 0.3) is 0 Å². The number of rotatable bonds is 2. The minimum Gasteiger partial charge on any atom is -0.296 e. The van der Waals surface area contributed by atoms with E-state index in [1.807, 2.05) is 0 Å². The maximum Gasteiger partial charge on any atom is 0.155 e. The van der Waals surface area contributed by atoms with Crippen LogP contribution in [0.5, 0.6) is 0 Å². The first-order chi connectivity index (χ1) is 10.1. The second-order valence-electron chi connectivity index (χ2n) is 4.30. The summed E-state index contributed by atoms with van der Waals surface area (Å²) in [6.07, 6.45) is 1.38. The summed E-state index contributed by atoms with van der Waals surface area (Å²) in [5.74, 6) is -1.43. The Morgan fingerprint density at radius 2 is 1.57 bits per heavy atom. The smallest absolute Gasteiger partial charge is 0.155 e. The molecule has 0 amide bonds. The lowest BCUT2D eigenvalue weighted by atomic mass is 10.1. The highest BCUT2D eigenvalue weighted by molar-refractivity contribution is 6.33. The van der Waals surface area contributed by atoms with Crippen LogP contribution in [-0.4, -0.2) is 9.55 Å². The molecule has 0 aliphatic heterocycles. The standard InChI is InChI=1S/C15H8Cl2F2N2/c16-9-4-1-2-7-12(9)21-8-20-15(17)14(21)13-10(18)5-3-6-11(13)19/h1-8H. The van der Waals surface area contributed by atoms with Crippen LogP contribution in [0, 0.1) is 11.6 Å². The van der Waals surface area contributed by atoms with E-state index < -0.39 is 11.6 Å². The van der Waals surface area contributed by atoms with E-state index in [9.17, 15) is 8.78 Å². The summed E-state index contributed by atoms with van der Waals surface area (Å²) in [5, 5.41) is 0.420. The van der Waals surface area contributed by atoms with Crippen LogP contribution < -0.4 is 0 Å². The topological polar surface area (TPSA) is 17.8 Å². The average Bonchev–Trinajstić information content (AvgIpc) is 2.81. The highest BCUT2D eigenvalue weighted by atomic mass is 35.5. The van der Waals surface area contributed by atoms with Crippen molar-refractivity contribution in [2.24, 2.45) is 0 Å². The van der Waals surface area contributed by atoms with E-state index in [0.717, 1.165) is 0 Å². The average molecular weight is 325 g/mol. The Bertz CT molecular complexity index is 795. The molecule has 0 saturated heterocycles. The summed E-state index contributed by atoms with van der Waals surface area (Å²) in [6.45, 7) is 0. The number of halogens is 4. The van der Waals surface area contributed by atoms with Crippen molar-refractivity contribution >= 4 is 23.2 Å². The van der Waals surface area contributed by atoms with E-state index >= 15 is 0 Å². The van der Waals surface area contributed by atoms with Crippen LogP contribution in [0.4, 0.5) is 8.78 Å². The van der Waals surface area contributed by atoms with E-state index in [2.05, 4.69) is 4.98 Å². The number of hydrogen-bond donors (Lipinski definition) is 0. The van der Waals surface area contributed by atoms with E-state index in [-0.39, 0.29) is 16.4 Å². The zero-order valence-corrected chi connectivity index (χ0v) is 12.0. The molecular formula is C15H8Cl2F2N2. The third kappa shape index (κ3) is 2.41. The molecule has 1 aromatic heterocycles. The number of benzene rings is 2. The molecule has 0 aliphatic rings. The van der Waals surface area contributed by atoms with Crippen molar-refractivity contribution in [3.63, 3.8) is 0 Å². The Morgan fingerprint density at radius 3 is 2.24 bits per heavy atom. The Morgan fingerprint density at radius 1 is 0.905 bits per heavy atom. The molecule has 21 heavy (non-hydrogen) atoms. The first-order valence-electron chi connectivity index (χ1n) is 6.01. The quantitative estimate of drug-likeness (QED) is 0.639. The predicted molar refractivity (Wildman–Crippen MR) is 78.9 cm³/mol. The van der Waals surface area contributed by atoms with Gasteiger partial charge in [0.15, 0.2) is 5.15 Å². The molecule has 2 aromatic carbocycles. The third-order valence-electron chi connectivity index (χ3n) is 3.03. The third-order valence-corrected chi connectivity index (χ3v) is 3.63. The van der Waals surface area contributed by atoms with E-state index in [0.29, 0.717) is 10.7 Å². The van der Waals surface area contributed by atoms with Gasteiger partial charge in [-0.3, -0.25) is 4.57 Å². The Balaban J connectivity index is 2.31. The van der Waals surface area contributed by atoms with Crippen LogP contribution in [0.3, 0.4) is 0 Å². The molecule has 3 aromatic rings. The molecule has 1 heterocycles. The van der Waals surface area contributed by atoms with Gasteiger partial charge in [0, 0.05) is 0 Å². The SMILES string of the molecule is Fc1cccc(F)c1-c1c(Cl)ncn1-c1ccccc1Cl. The van der Waals surface area contributed by atoms with Gasteiger partial charge in [-0.1, -0.05) is 41.4 Å². The number of hydrogen-bond acceptors (Lipinski definition) is 1. The molecule has 0 aliphatic carbocycles. The monoisotopic (exact) mass is 324 g/mol. The van der Waals surface area contributed by atoms with Gasteiger partial charge in [0.05, 0.1) is 22.0 Å². The predicted octanol–water partition coefficient (Wildman–Crippen LogP) is 5.12. The highest BCUT2D eigenvalue weighted by Gasteiger charge is 2.21. The van der Waals surface area contributed by atoms with Crippen LogP contribution in [0.2, 0.25) is 10.2 Å². The van der Waals surface area contributed by atoms with Gasteiger partial charge >= 0.3 is 0 Å². The van der Waals surface area contributed by atoms with Gasteiger partial charge in [-0.2, -0.15) is 0 Å². The van der Waals surface area contributed by atoms with Crippen molar-refractivity contribution in [2.75, 3.05) is 0 Å². The summed E-state index contributed by atoms with van der Waals surface area (Å²) >= 11 is 12.1. The zero-order valence-electron chi connectivity index (χ0n) is 10.5. The van der Waals surface area contributed by atoms with Crippen molar-refractivity contribution in [2.45, 2.75) is 0 Å². The Kier molecular flexibility index (Phi) is 3.66. The molecule has 6 heteroatoms. The maximum absolute atomic E-state index is 14.0. The molecule has 0 radical (unpaired) electrons. The number of para-hydroxylation sites is 1. The number of nitrogens with zero attached hydrogens (tertiary/aromatic N) is 2. The second kappa shape index (κ2) is 5.47.